The standard InChI is InChI=1S/Al.Mg.H4O7P2.H2O/c;;1-8(2,3)7-9(4,5)6;/h;;(H2,1,2,3)(H2,4,5,6);1H2/q;+2;;/p-5. The second kappa shape index (κ2) is 7.88. The van der Waals surface area contributed by atoms with Gasteiger partial charge in [-0.1, -0.05) is 0 Å². The molecule has 0 unspecified atom stereocenters. The van der Waals surface area contributed by atoms with E-state index in [1.54, 1.807) is 0 Å². The van der Waals surface area contributed by atoms with Gasteiger partial charge >= 0.3 is 23.1 Å². The van der Waals surface area contributed by atoms with E-state index in [0.29, 0.717) is 0 Å². The summed E-state index contributed by atoms with van der Waals surface area (Å²) in [6.45, 7) is 0. The molecule has 67 valence electrons. The van der Waals surface area contributed by atoms with E-state index < -0.39 is 15.6 Å². The predicted octanol–water partition coefficient (Wildman–Crippen LogP) is -4.28. The van der Waals surface area contributed by atoms with Crippen molar-refractivity contribution in [3.05, 3.63) is 0 Å². The summed E-state index contributed by atoms with van der Waals surface area (Å²) in [5, 5.41) is 0. The molecule has 0 aromatic heterocycles. The molecule has 0 rings (SSSR count). The van der Waals surface area contributed by atoms with Crippen LogP contribution in [0.2, 0.25) is 0 Å². The average Bonchev–Trinajstić information content (AvgIpc) is 1.14. The molecule has 0 heterocycles. The first kappa shape index (κ1) is 23.4. The van der Waals surface area contributed by atoms with Crippen molar-refractivity contribution in [3.63, 3.8) is 0 Å². The SMILES string of the molecule is O=P([O-])([O-])OP(=O)([O-])[O-].[Al].[Mg+2].[OH-]. The number of phosphoric acid groups is 2. The molecule has 0 spiro atoms. The molecule has 0 saturated heterocycles. The fourth-order valence-electron chi connectivity index (χ4n) is 0.122. The molecule has 3 radical (unpaired) electrons. The van der Waals surface area contributed by atoms with E-state index >= 15 is 0 Å². The van der Waals surface area contributed by atoms with Crippen LogP contribution >= 0.6 is 15.6 Å². The van der Waals surface area contributed by atoms with E-state index in [9.17, 15) is 28.7 Å². The van der Waals surface area contributed by atoms with Crippen molar-refractivity contribution in [1.82, 2.24) is 0 Å². The summed E-state index contributed by atoms with van der Waals surface area (Å²) in [5.74, 6) is 0. The van der Waals surface area contributed by atoms with E-state index in [1.807, 2.05) is 0 Å². The Labute approximate surface area is 94.4 Å². The minimum atomic E-state index is -5.68. The van der Waals surface area contributed by atoms with Crippen molar-refractivity contribution in [2.24, 2.45) is 0 Å². The third kappa shape index (κ3) is 22.5. The fourth-order valence-corrected chi connectivity index (χ4v) is 1.10. The molecule has 8 nitrogen and oxygen atoms in total. The van der Waals surface area contributed by atoms with E-state index in [0.717, 1.165) is 0 Å². The van der Waals surface area contributed by atoms with Crippen molar-refractivity contribution < 1.29 is 38.5 Å². The normalized spacial score (nSPS) is 10.3. The Hall–Kier alpha value is 1.52. The molecule has 0 aliphatic carbocycles. The molecule has 0 aromatic carbocycles. The molecule has 0 saturated carbocycles. The van der Waals surface area contributed by atoms with Crippen LogP contribution < -0.4 is 19.6 Å². The van der Waals surface area contributed by atoms with Gasteiger partial charge in [-0.05, 0) is 0 Å². The van der Waals surface area contributed by atoms with Crippen molar-refractivity contribution in [1.29, 1.82) is 0 Å². The van der Waals surface area contributed by atoms with Gasteiger partial charge in [0, 0.05) is 17.4 Å². The van der Waals surface area contributed by atoms with Gasteiger partial charge in [-0.15, -0.1) is 0 Å². The Balaban J connectivity index is -0.000000107. The summed E-state index contributed by atoms with van der Waals surface area (Å²) in [5.41, 5.74) is 0. The van der Waals surface area contributed by atoms with Gasteiger partial charge in [0.1, 0.15) is 0 Å². The summed E-state index contributed by atoms with van der Waals surface area (Å²) >= 11 is 0. The molecule has 0 aliphatic rings. The molecule has 0 aliphatic heterocycles. The van der Waals surface area contributed by atoms with E-state index in [2.05, 4.69) is 4.31 Å². The minimum absolute atomic E-state index is 0. The first-order valence-corrected chi connectivity index (χ1v) is 4.38. The van der Waals surface area contributed by atoms with Gasteiger partial charge in [0.15, 0.2) is 0 Å². The van der Waals surface area contributed by atoms with Gasteiger partial charge in [0.2, 0.25) is 0 Å². The number of hydrogen-bond acceptors (Lipinski definition) is 8. The van der Waals surface area contributed by atoms with Crippen LogP contribution in [0.4, 0.5) is 0 Å². The second-order valence-corrected chi connectivity index (χ2v) is 3.42. The van der Waals surface area contributed by atoms with Gasteiger partial charge in [0.25, 0.3) is 0 Å². The van der Waals surface area contributed by atoms with Crippen LogP contribution in [0.1, 0.15) is 0 Å². The molecule has 0 bridgehead atoms. The van der Waals surface area contributed by atoms with Crippen molar-refractivity contribution in [2.45, 2.75) is 0 Å². The third-order valence-electron chi connectivity index (χ3n) is 0.200. The Kier molecular flexibility index (Phi) is 15.4. The predicted molar refractivity (Wildman–Crippen MR) is 29.7 cm³/mol. The van der Waals surface area contributed by atoms with Crippen LogP contribution in [0.3, 0.4) is 0 Å². The topological polar surface area (TPSA) is 166 Å². The quantitative estimate of drug-likeness (QED) is 0.346. The van der Waals surface area contributed by atoms with Crippen LogP contribution in [-0.4, -0.2) is 45.9 Å². The maximum Gasteiger partial charge on any atom is 2.00 e. The van der Waals surface area contributed by atoms with Gasteiger partial charge in [-0.25, -0.2) is 0 Å². The van der Waals surface area contributed by atoms with Gasteiger partial charge in [0.05, 0.1) is 15.6 Å². The van der Waals surface area contributed by atoms with Gasteiger partial charge < -0.3 is 38.5 Å². The van der Waals surface area contributed by atoms with Crippen LogP contribution in [0, 0.1) is 0 Å². The molecular formula is HAlMgO8P2-3. The Morgan fingerprint density at radius 1 is 0.917 bits per heavy atom. The molecule has 0 atom stereocenters. The fraction of sp³-hybridized carbons (Fsp3) is 0. The van der Waals surface area contributed by atoms with Gasteiger partial charge in [-0.2, -0.15) is 0 Å². The molecular weight excluding hydrogens is 241 g/mol. The monoisotopic (exact) mass is 242 g/mol. The number of hydrogen-bond donors (Lipinski definition) is 0. The molecule has 0 amide bonds. The smallest absolute Gasteiger partial charge is 0.870 e. The van der Waals surface area contributed by atoms with E-state index in [1.165, 1.54) is 0 Å². The Bertz CT molecular complexity index is 157. The van der Waals surface area contributed by atoms with Crippen LogP contribution in [0.5, 0.6) is 0 Å². The summed E-state index contributed by atoms with van der Waals surface area (Å²) in [7, 11) is -11.4. The molecule has 0 fully saturated rings. The number of rotatable bonds is 2. The average molecular weight is 242 g/mol. The van der Waals surface area contributed by atoms with Crippen molar-refractivity contribution >= 4 is 56.1 Å². The first-order valence-electron chi connectivity index (χ1n) is 1.46. The zero-order chi connectivity index (χ0) is 7.71. The van der Waals surface area contributed by atoms with Crippen molar-refractivity contribution in [2.75, 3.05) is 0 Å². The summed E-state index contributed by atoms with van der Waals surface area (Å²) in [6.07, 6.45) is 0. The molecule has 1 N–H and O–H groups in total. The van der Waals surface area contributed by atoms with E-state index in [-0.39, 0.29) is 45.9 Å². The zero-order valence-corrected chi connectivity index (χ0v) is 9.84. The molecule has 0 aromatic rings. The van der Waals surface area contributed by atoms with Crippen molar-refractivity contribution in [3.8, 4) is 0 Å². The first-order chi connectivity index (χ1) is 3.71. The molecule has 12 heavy (non-hydrogen) atoms. The zero-order valence-electron chi connectivity index (χ0n) is 5.48. The summed E-state index contributed by atoms with van der Waals surface area (Å²) < 4.78 is 21.2. The summed E-state index contributed by atoms with van der Waals surface area (Å²) in [6, 6.07) is 0. The largest absolute Gasteiger partial charge is 2.00 e. The van der Waals surface area contributed by atoms with Crippen LogP contribution in [-0.2, 0) is 13.4 Å². The van der Waals surface area contributed by atoms with Crippen LogP contribution in [0.15, 0.2) is 0 Å². The van der Waals surface area contributed by atoms with Crippen LogP contribution in [0.25, 0.3) is 0 Å². The molecule has 12 heteroatoms. The summed E-state index contributed by atoms with van der Waals surface area (Å²) in [4.78, 5) is 37.3. The third-order valence-corrected chi connectivity index (χ3v) is 1.80. The van der Waals surface area contributed by atoms with E-state index in [4.69, 9.17) is 0 Å². The minimum Gasteiger partial charge on any atom is -0.870 e. The maximum absolute atomic E-state index is 9.32. The Morgan fingerprint density at radius 3 is 1.08 bits per heavy atom. The maximum atomic E-state index is 9.32. The second-order valence-electron chi connectivity index (χ2n) is 0.976. The Morgan fingerprint density at radius 2 is 1.08 bits per heavy atom. The van der Waals surface area contributed by atoms with Gasteiger partial charge in [-0.3, -0.25) is 0 Å².